The molecular weight excluding hydrogens is 445 g/mol. The fourth-order valence-electron chi connectivity index (χ4n) is 2.37. The van der Waals surface area contributed by atoms with Crippen molar-refractivity contribution in [3.05, 3.63) is 57.6 Å². The molecule has 2 heterocycles. The number of thioether (sulfide) groups is 1. The molecule has 0 spiro atoms. The molecule has 1 aliphatic rings. The summed E-state index contributed by atoms with van der Waals surface area (Å²) in [5.41, 5.74) is 3.42. The first-order valence-electron chi connectivity index (χ1n) is 8.11. The molecule has 0 aliphatic carbocycles. The Kier molecular flexibility index (Phi) is 6.06. The van der Waals surface area contributed by atoms with Crippen molar-refractivity contribution in [1.29, 1.82) is 0 Å². The average molecular weight is 459 g/mol. The molecule has 1 aliphatic heterocycles. The van der Waals surface area contributed by atoms with E-state index in [0.717, 1.165) is 34.1 Å². The lowest BCUT2D eigenvalue weighted by Gasteiger charge is -2.17. The van der Waals surface area contributed by atoms with Gasteiger partial charge in [0.15, 0.2) is 10.1 Å². The van der Waals surface area contributed by atoms with Crippen LogP contribution in [0, 0.1) is 0 Å². The van der Waals surface area contributed by atoms with Crippen LogP contribution in [0.25, 0.3) is 6.08 Å². The van der Waals surface area contributed by atoms with Crippen molar-refractivity contribution in [2.24, 2.45) is 0 Å². The highest BCUT2D eigenvalue weighted by molar-refractivity contribution is 8.26. The Balaban J connectivity index is 1.79. The number of amides is 1. The molecule has 29 heavy (non-hydrogen) atoms. The molecule has 152 valence electrons. The molecule has 1 amide bonds. The number of hydrazine groups is 1. The van der Waals surface area contributed by atoms with E-state index in [-0.39, 0.29) is 15.2 Å². The predicted molar refractivity (Wildman–Crippen MR) is 114 cm³/mol. The molecule has 0 radical (unpaired) electrons. The van der Waals surface area contributed by atoms with Crippen LogP contribution in [-0.2, 0) is 11.0 Å². The summed E-state index contributed by atoms with van der Waals surface area (Å²) in [5.74, 6) is -0.554. The quantitative estimate of drug-likeness (QED) is 0.511. The molecule has 0 unspecified atom stereocenters. The fourth-order valence-corrected chi connectivity index (χ4v) is 3.75. The molecule has 0 atom stereocenters. The van der Waals surface area contributed by atoms with Gasteiger partial charge in [-0.25, -0.2) is 4.98 Å². The highest BCUT2D eigenvalue weighted by atomic mass is 35.5. The Morgan fingerprint density at radius 1 is 1.28 bits per heavy atom. The van der Waals surface area contributed by atoms with Gasteiger partial charge in [-0.2, -0.15) is 18.2 Å². The van der Waals surface area contributed by atoms with Crippen LogP contribution in [0.3, 0.4) is 0 Å². The van der Waals surface area contributed by atoms with Gasteiger partial charge in [-0.05, 0) is 42.1 Å². The first-order chi connectivity index (χ1) is 13.6. The number of benzene rings is 1. The van der Waals surface area contributed by atoms with E-state index in [4.69, 9.17) is 23.8 Å². The molecule has 1 N–H and O–H groups in total. The van der Waals surface area contributed by atoms with Crippen LogP contribution < -0.4 is 10.3 Å². The number of pyridine rings is 1. The molecule has 2 aromatic rings. The van der Waals surface area contributed by atoms with Gasteiger partial charge in [0.2, 0.25) is 0 Å². The lowest BCUT2D eigenvalue weighted by molar-refractivity contribution is -0.137. The summed E-state index contributed by atoms with van der Waals surface area (Å²) in [7, 11) is 3.85. The first-order valence-corrected chi connectivity index (χ1v) is 9.71. The minimum absolute atomic E-state index is 0.104. The number of nitrogens with zero attached hydrogens (tertiary/aromatic N) is 3. The van der Waals surface area contributed by atoms with Crippen molar-refractivity contribution in [3.8, 4) is 0 Å². The lowest BCUT2D eigenvalue weighted by Crippen LogP contribution is -2.34. The first kappa shape index (κ1) is 21.4. The van der Waals surface area contributed by atoms with Gasteiger partial charge in [-0.15, -0.1) is 0 Å². The number of alkyl halides is 3. The van der Waals surface area contributed by atoms with Gasteiger partial charge in [0.25, 0.3) is 5.91 Å². The Labute approximate surface area is 179 Å². The molecule has 0 bridgehead atoms. The molecule has 5 nitrogen and oxygen atoms in total. The molecule has 11 heteroatoms. The fraction of sp³-hybridized carbons (Fsp3) is 0.167. The monoisotopic (exact) mass is 458 g/mol. The van der Waals surface area contributed by atoms with Gasteiger partial charge in [-0.3, -0.25) is 10.2 Å². The maximum Gasteiger partial charge on any atom is 0.417 e. The van der Waals surface area contributed by atoms with Gasteiger partial charge >= 0.3 is 6.18 Å². The van der Waals surface area contributed by atoms with E-state index in [9.17, 15) is 18.0 Å². The number of hydrogen-bond donors (Lipinski definition) is 1. The van der Waals surface area contributed by atoms with Crippen LogP contribution in [-0.4, -0.2) is 34.3 Å². The topological polar surface area (TPSA) is 48.5 Å². The Hall–Kier alpha value is -2.30. The predicted octanol–water partition coefficient (Wildman–Crippen LogP) is 5.05. The van der Waals surface area contributed by atoms with Crippen molar-refractivity contribution < 1.29 is 18.0 Å². The third-order valence-corrected chi connectivity index (χ3v) is 5.48. The van der Waals surface area contributed by atoms with E-state index >= 15 is 0 Å². The number of halogens is 4. The second-order valence-corrected chi connectivity index (χ2v) is 8.25. The third-order valence-electron chi connectivity index (χ3n) is 3.89. The van der Waals surface area contributed by atoms with E-state index < -0.39 is 17.6 Å². The number of carbonyl (C=O) groups is 1. The minimum atomic E-state index is -4.57. The average Bonchev–Trinajstić information content (AvgIpc) is 2.90. The van der Waals surface area contributed by atoms with E-state index in [1.165, 1.54) is 0 Å². The summed E-state index contributed by atoms with van der Waals surface area (Å²) in [6, 6.07) is 8.29. The molecule has 1 aromatic heterocycles. The summed E-state index contributed by atoms with van der Waals surface area (Å²) >= 11 is 12.1. The van der Waals surface area contributed by atoms with Crippen molar-refractivity contribution in [1.82, 2.24) is 9.99 Å². The van der Waals surface area contributed by atoms with Crippen LogP contribution >= 0.6 is 35.6 Å². The van der Waals surface area contributed by atoms with E-state index in [2.05, 4.69) is 10.4 Å². The molecule has 1 aromatic carbocycles. The van der Waals surface area contributed by atoms with Gasteiger partial charge in [0.05, 0.1) is 15.5 Å². The van der Waals surface area contributed by atoms with Crippen LogP contribution in [0.2, 0.25) is 5.02 Å². The number of carbonyl (C=O) groups excluding carboxylic acids is 1. The van der Waals surface area contributed by atoms with E-state index in [1.807, 2.05) is 43.3 Å². The zero-order chi connectivity index (χ0) is 21.3. The second-order valence-electron chi connectivity index (χ2n) is 6.17. The van der Waals surface area contributed by atoms with E-state index in [0.29, 0.717) is 11.1 Å². The summed E-state index contributed by atoms with van der Waals surface area (Å²) in [6.45, 7) is 0. The Morgan fingerprint density at radius 3 is 2.48 bits per heavy atom. The summed E-state index contributed by atoms with van der Waals surface area (Å²) in [6.07, 6.45) is -2.25. The van der Waals surface area contributed by atoms with Gasteiger partial charge in [0.1, 0.15) is 0 Å². The van der Waals surface area contributed by atoms with Crippen molar-refractivity contribution in [2.45, 2.75) is 6.18 Å². The number of hydrogen-bond acceptors (Lipinski definition) is 6. The van der Waals surface area contributed by atoms with Crippen LogP contribution in [0.4, 0.5) is 24.7 Å². The van der Waals surface area contributed by atoms with Gasteiger partial charge < -0.3 is 4.90 Å². The smallest absolute Gasteiger partial charge is 0.378 e. The van der Waals surface area contributed by atoms with Crippen molar-refractivity contribution in [3.63, 3.8) is 0 Å². The van der Waals surface area contributed by atoms with E-state index in [1.54, 1.807) is 6.08 Å². The maximum atomic E-state index is 12.7. The number of aromatic nitrogens is 1. The number of anilines is 2. The zero-order valence-corrected chi connectivity index (χ0v) is 17.5. The Bertz CT molecular complexity index is 994. The molecular formula is C18H14ClF3N4OS2. The van der Waals surface area contributed by atoms with Crippen LogP contribution in [0.1, 0.15) is 11.1 Å². The van der Waals surface area contributed by atoms with Crippen LogP contribution in [0.5, 0.6) is 0 Å². The second kappa shape index (κ2) is 8.21. The number of thiocarbonyl (C=S) groups is 1. The molecule has 3 rings (SSSR count). The maximum absolute atomic E-state index is 12.7. The van der Waals surface area contributed by atoms with Crippen molar-refractivity contribution in [2.75, 3.05) is 24.4 Å². The third kappa shape index (κ3) is 4.82. The molecule has 1 fully saturated rings. The highest BCUT2D eigenvalue weighted by Crippen LogP contribution is 2.35. The highest BCUT2D eigenvalue weighted by Gasteiger charge is 2.34. The normalized spacial score (nSPS) is 15.9. The van der Waals surface area contributed by atoms with Crippen LogP contribution in [0.15, 0.2) is 41.4 Å². The number of nitrogens with one attached hydrogen (secondary N) is 1. The lowest BCUT2D eigenvalue weighted by atomic mass is 10.2. The van der Waals surface area contributed by atoms with Gasteiger partial charge in [0, 0.05) is 26.0 Å². The summed E-state index contributed by atoms with van der Waals surface area (Å²) in [5, 5.41) is 0.749. The largest absolute Gasteiger partial charge is 0.417 e. The van der Waals surface area contributed by atoms with Gasteiger partial charge in [-0.1, -0.05) is 35.5 Å². The Morgan fingerprint density at radius 2 is 1.93 bits per heavy atom. The number of rotatable bonds is 4. The van der Waals surface area contributed by atoms with Crippen molar-refractivity contribution >= 4 is 63.4 Å². The SMILES string of the molecule is CN(C)c1ccc(C=C2SC(=S)N(Nc3ncc(C(F)(F)F)cc3Cl)C2=O)cc1. The summed E-state index contributed by atoms with van der Waals surface area (Å²) in [4.78, 5) is 18.6. The standard InChI is InChI=1S/C18H14ClF3N4OS2/c1-25(2)12-5-3-10(4-6-12)7-14-16(27)26(17(28)29-14)24-15-13(19)8-11(9-23-15)18(20,21)22/h3-9H,1-2H3,(H,23,24). The zero-order valence-electron chi connectivity index (χ0n) is 15.1. The molecule has 0 saturated carbocycles. The minimum Gasteiger partial charge on any atom is -0.378 e. The summed E-state index contributed by atoms with van der Waals surface area (Å²) < 4.78 is 38.4. The molecule has 1 saturated heterocycles.